The van der Waals surface area contributed by atoms with Crippen LogP contribution in [0.15, 0.2) is 12.3 Å². The number of nitrogens with zero attached hydrogens (tertiary/aromatic N) is 1. The van der Waals surface area contributed by atoms with Crippen molar-refractivity contribution in [2.45, 2.75) is 26.2 Å². The average Bonchev–Trinajstić information content (AvgIpc) is 2.33. The Morgan fingerprint density at radius 3 is 2.83 bits per heavy atom. The molecule has 1 aromatic heterocycles. The predicted octanol–water partition coefficient (Wildman–Crippen LogP) is 2.18. The summed E-state index contributed by atoms with van der Waals surface area (Å²) in [5.74, 6) is -0.388. The van der Waals surface area contributed by atoms with Gasteiger partial charge in [-0.2, -0.15) is 0 Å². The first-order valence-corrected chi connectivity index (χ1v) is 6.16. The van der Waals surface area contributed by atoms with Gasteiger partial charge in [-0.3, -0.25) is 4.79 Å². The fourth-order valence-corrected chi connectivity index (χ4v) is 2.16. The number of nitrogens with one attached hydrogen (secondary N) is 2. The third-order valence-electron chi connectivity index (χ3n) is 3.57. The molecule has 0 aromatic carbocycles. The summed E-state index contributed by atoms with van der Waals surface area (Å²) in [6.45, 7) is 2.78. The van der Waals surface area contributed by atoms with Gasteiger partial charge in [-0.25, -0.2) is 9.37 Å². The monoisotopic (exact) mass is 251 g/mol. The Morgan fingerprint density at radius 1 is 1.56 bits per heavy atom. The topological polar surface area (TPSA) is 54.0 Å². The summed E-state index contributed by atoms with van der Waals surface area (Å²) in [5, 5.41) is 5.65. The van der Waals surface area contributed by atoms with Crippen LogP contribution in [0, 0.1) is 11.2 Å². The number of rotatable bonds is 4. The van der Waals surface area contributed by atoms with Gasteiger partial charge < -0.3 is 10.6 Å². The maximum Gasteiger partial charge on any atom is 0.255 e. The van der Waals surface area contributed by atoms with Gasteiger partial charge in [-0.15, -0.1) is 0 Å². The van der Waals surface area contributed by atoms with Crippen molar-refractivity contribution in [3.63, 3.8) is 0 Å². The SMILES string of the molecule is CNc1ncc(F)cc1C(=O)NCC1(C)CCC1. The van der Waals surface area contributed by atoms with Crippen molar-refractivity contribution in [3.8, 4) is 0 Å². The lowest BCUT2D eigenvalue weighted by Gasteiger charge is -2.38. The Bertz CT molecular complexity index is 458. The van der Waals surface area contributed by atoms with Crippen molar-refractivity contribution in [1.29, 1.82) is 0 Å². The first-order chi connectivity index (χ1) is 8.54. The first kappa shape index (κ1) is 12.8. The molecule has 0 radical (unpaired) electrons. The largest absolute Gasteiger partial charge is 0.372 e. The van der Waals surface area contributed by atoms with Crippen LogP contribution in [0.1, 0.15) is 36.5 Å². The summed E-state index contributed by atoms with van der Waals surface area (Å²) < 4.78 is 13.1. The summed E-state index contributed by atoms with van der Waals surface area (Å²) in [6, 6.07) is 1.21. The Labute approximate surface area is 106 Å². The standard InChI is InChI=1S/C13H18FN3O/c1-13(4-3-5-13)8-17-12(18)10-6-9(14)7-16-11(10)15-2/h6-7H,3-5,8H2,1-2H3,(H,15,16)(H,17,18). The third kappa shape index (κ3) is 2.60. The van der Waals surface area contributed by atoms with Crippen molar-refractivity contribution < 1.29 is 9.18 Å². The smallest absolute Gasteiger partial charge is 0.255 e. The van der Waals surface area contributed by atoms with Crippen LogP contribution in [0.3, 0.4) is 0 Å². The van der Waals surface area contributed by atoms with E-state index in [1.807, 2.05) is 0 Å². The molecular weight excluding hydrogens is 233 g/mol. The Kier molecular flexibility index (Phi) is 3.50. The third-order valence-corrected chi connectivity index (χ3v) is 3.57. The molecule has 4 nitrogen and oxygen atoms in total. The van der Waals surface area contributed by atoms with Gasteiger partial charge in [0.2, 0.25) is 0 Å². The van der Waals surface area contributed by atoms with Gasteiger partial charge in [0.1, 0.15) is 11.6 Å². The molecule has 0 atom stereocenters. The molecule has 0 saturated heterocycles. The van der Waals surface area contributed by atoms with Crippen molar-refractivity contribution >= 4 is 11.7 Å². The predicted molar refractivity (Wildman–Crippen MR) is 68.0 cm³/mol. The lowest BCUT2D eigenvalue weighted by molar-refractivity contribution is 0.0891. The summed E-state index contributed by atoms with van der Waals surface area (Å²) in [4.78, 5) is 15.9. The van der Waals surface area contributed by atoms with Crippen LogP contribution < -0.4 is 10.6 Å². The van der Waals surface area contributed by atoms with Gasteiger partial charge >= 0.3 is 0 Å². The number of carbonyl (C=O) groups excluding carboxylic acids is 1. The van der Waals surface area contributed by atoms with E-state index < -0.39 is 5.82 Å². The zero-order chi connectivity index (χ0) is 13.2. The molecule has 2 rings (SSSR count). The normalized spacial score (nSPS) is 16.8. The quantitative estimate of drug-likeness (QED) is 0.862. The average molecular weight is 251 g/mol. The van der Waals surface area contributed by atoms with E-state index in [1.165, 1.54) is 12.5 Å². The van der Waals surface area contributed by atoms with Crippen LogP contribution in [0.25, 0.3) is 0 Å². The highest BCUT2D eigenvalue weighted by atomic mass is 19.1. The van der Waals surface area contributed by atoms with Crippen LogP contribution in [-0.4, -0.2) is 24.5 Å². The number of halogens is 1. The molecule has 18 heavy (non-hydrogen) atoms. The van der Waals surface area contributed by atoms with E-state index in [9.17, 15) is 9.18 Å². The van der Waals surface area contributed by atoms with E-state index in [0.717, 1.165) is 19.0 Å². The van der Waals surface area contributed by atoms with Gasteiger partial charge in [0.15, 0.2) is 0 Å². The van der Waals surface area contributed by atoms with E-state index in [1.54, 1.807) is 7.05 Å². The van der Waals surface area contributed by atoms with Gasteiger partial charge in [-0.1, -0.05) is 13.3 Å². The molecule has 0 unspecified atom stereocenters. The summed E-state index contributed by atoms with van der Waals surface area (Å²) >= 11 is 0. The molecule has 98 valence electrons. The Balaban J connectivity index is 2.05. The Hall–Kier alpha value is -1.65. The van der Waals surface area contributed by atoms with E-state index in [2.05, 4.69) is 22.5 Å². The molecule has 1 amide bonds. The van der Waals surface area contributed by atoms with E-state index >= 15 is 0 Å². The highest BCUT2D eigenvalue weighted by Crippen LogP contribution is 2.39. The maximum absolute atomic E-state index is 13.1. The second kappa shape index (κ2) is 4.92. The number of hydrogen-bond acceptors (Lipinski definition) is 3. The Morgan fingerprint density at radius 2 is 2.28 bits per heavy atom. The minimum absolute atomic E-state index is 0.205. The molecule has 0 bridgehead atoms. The van der Waals surface area contributed by atoms with Crippen molar-refractivity contribution in [2.75, 3.05) is 18.9 Å². The minimum atomic E-state index is -0.506. The number of anilines is 1. The molecule has 0 spiro atoms. The highest BCUT2D eigenvalue weighted by molar-refractivity contribution is 5.98. The molecule has 1 aromatic rings. The van der Waals surface area contributed by atoms with Gasteiger partial charge in [0.25, 0.3) is 5.91 Å². The lowest BCUT2D eigenvalue weighted by atomic mass is 9.70. The molecule has 1 saturated carbocycles. The molecule has 2 N–H and O–H groups in total. The molecule has 1 aliphatic carbocycles. The van der Waals surface area contributed by atoms with Gasteiger partial charge in [0, 0.05) is 13.6 Å². The second-order valence-corrected chi connectivity index (χ2v) is 5.15. The summed E-state index contributed by atoms with van der Waals surface area (Å²) in [6.07, 6.45) is 4.58. The van der Waals surface area contributed by atoms with E-state index in [0.29, 0.717) is 12.4 Å². The van der Waals surface area contributed by atoms with Crippen LogP contribution in [-0.2, 0) is 0 Å². The minimum Gasteiger partial charge on any atom is -0.372 e. The fourth-order valence-electron chi connectivity index (χ4n) is 2.16. The number of pyridine rings is 1. The molecular formula is C13H18FN3O. The van der Waals surface area contributed by atoms with Gasteiger partial charge in [-0.05, 0) is 24.3 Å². The highest BCUT2D eigenvalue weighted by Gasteiger charge is 2.32. The van der Waals surface area contributed by atoms with Crippen molar-refractivity contribution in [1.82, 2.24) is 10.3 Å². The molecule has 1 aliphatic rings. The molecule has 1 fully saturated rings. The van der Waals surface area contributed by atoms with Crippen molar-refractivity contribution in [2.24, 2.45) is 5.41 Å². The lowest BCUT2D eigenvalue weighted by Crippen LogP contribution is -2.40. The van der Waals surface area contributed by atoms with Crippen LogP contribution in [0.2, 0.25) is 0 Å². The van der Waals surface area contributed by atoms with E-state index in [-0.39, 0.29) is 16.9 Å². The first-order valence-electron chi connectivity index (χ1n) is 6.16. The number of hydrogen-bond donors (Lipinski definition) is 2. The molecule has 5 heteroatoms. The number of carbonyl (C=O) groups is 1. The second-order valence-electron chi connectivity index (χ2n) is 5.15. The molecule has 0 aliphatic heterocycles. The number of aromatic nitrogens is 1. The molecule has 1 heterocycles. The van der Waals surface area contributed by atoms with Crippen LogP contribution in [0.5, 0.6) is 0 Å². The van der Waals surface area contributed by atoms with E-state index in [4.69, 9.17) is 0 Å². The zero-order valence-corrected chi connectivity index (χ0v) is 10.7. The maximum atomic E-state index is 13.1. The number of amides is 1. The fraction of sp³-hybridized carbons (Fsp3) is 0.538. The van der Waals surface area contributed by atoms with Crippen LogP contribution in [0.4, 0.5) is 10.2 Å². The summed E-state index contributed by atoms with van der Waals surface area (Å²) in [7, 11) is 1.66. The van der Waals surface area contributed by atoms with Gasteiger partial charge in [0.05, 0.1) is 11.8 Å². The zero-order valence-electron chi connectivity index (χ0n) is 10.7. The van der Waals surface area contributed by atoms with Crippen molar-refractivity contribution in [3.05, 3.63) is 23.6 Å². The van der Waals surface area contributed by atoms with Crippen LogP contribution >= 0.6 is 0 Å². The summed E-state index contributed by atoms with van der Waals surface area (Å²) in [5.41, 5.74) is 0.455.